The molecule has 1 fully saturated rings. The average Bonchev–Trinajstić information content (AvgIpc) is 2.70. The number of rotatable bonds is 2. The summed E-state index contributed by atoms with van der Waals surface area (Å²) in [6.07, 6.45) is 0.948. The molecule has 0 spiro atoms. The molecule has 3 nitrogen and oxygen atoms in total. The third kappa shape index (κ3) is 2.45. The van der Waals surface area contributed by atoms with Gasteiger partial charge in [-0.25, -0.2) is 8.42 Å². The van der Waals surface area contributed by atoms with Crippen molar-refractivity contribution in [3.8, 4) is 0 Å². The van der Waals surface area contributed by atoms with Gasteiger partial charge in [-0.05, 0) is 48.2 Å². The van der Waals surface area contributed by atoms with E-state index in [1.54, 1.807) is 10.4 Å². The fraction of sp³-hybridized carbons (Fsp3) is 0.636. The van der Waals surface area contributed by atoms with Crippen LogP contribution in [0.25, 0.3) is 0 Å². The molecule has 0 bridgehead atoms. The summed E-state index contributed by atoms with van der Waals surface area (Å²) in [6, 6.07) is 1.82. The highest BCUT2D eigenvalue weighted by molar-refractivity contribution is 9.11. The zero-order chi connectivity index (χ0) is 12.8. The van der Waals surface area contributed by atoms with Crippen LogP contribution in [0.3, 0.4) is 0 Å². The van der Waals surface area contributed by atoms with Gasteiger partial charge in [0.05, 0.1) is 8.68 Å². The van der Waals surface area contributed by atoms with Crippen LogP contribution < -0.4 is 0 Å². The Kier molecular flexibility index (Phi) is 3.69. The maximum absolute atomic E-state index is 12.5. The van der Waals surface area contributed by atoms with Crippen LogP contribution >= 0.6 is 27.3 Å². The van der Waals surface area contributed by atoms with Crippen molar-refractivity contribution >= 4 is 37.3 Å². The van der Waals surface area contributed by atoms with Crippen molar-refractivity contribution in [2.24, 2.45) is 5.92 Å². The van der Waals surface area contributed by atoms with Gasteiger partial charge in [0.15, 0.2) is 0 Å². The molecule has 1 aliphatic heterocycles. The lowest BCUT2D eigenvalue weighted by molar-refractivity contribution is 0.405. The largest absolute Gasteiger partial charge is 0.244 e. The number of sulfonamides is 1. The van der Waals surface area contributed by atoms with E-state index < -0.39 is 10.0 Å². The molecular formula is C11H16BrNO2S2. The second kappa shape index (κ2) is 4.64. The average molecular weight is 338 g/mol. The highest BCUT2D eigenvalue weighted by atomic mass is 79.9. The number of hydrogen-bond acceptors (Lipinski definition) is 3. The minimum absolute atomic E-state index is 0.105. The number of halogens is 1. The lowest BCUT2D eigenvalue weighted by atomic mass is 10.1. The predicted molar refractivity (Wildman–Crippen MR) is 73.9 cm³/mol. The first-order chi connectivity index (χ1) is 7.82. The fourth-order valence-electron chi connectivity index (χ4n) is 2.41. The standard InChI is InChI=1S/C11H16BrNO2S2/c1-7-4-8(2)13(6-7)17(14,15)10-5-11(12)16-9(10)3/h5,7-8H,4,6H2,1-3H3. The summed E-state index contributed by atoms with van der Waals surface area (Å²) in [5, 5.41) is 0. The molecular weight excluding hydrogens is 322 g/mol. The first kappa shape index (κ1) is 13.5. The van der Waals surface area contributed by atoms with Gasteiger partial charge in [-0.1, -0.05) is 6.92 Å². The van der Waals surface area contributed by atoms with Gasteiger partial charge in [0.2, 0.25) is 10.0 Å². The Hall–Kier alpha value is 0.0900. The van der Waals surface area contributed by atoms with Crippen LogP contribution in [0, 0.1) is 12.8 Å². The lowest BCUT2D eigenvalue weighted by Gasteiger charge is -2.20. The Bertz CT molecular complexity index is 524. The maximum Gasteiger partial charge on any atom is 0.244 e. The zero-order valence-corrected chi connectivity index (χ0v) is 13.3. The fourth-order valence-corrected chi connectivity index (χ4v) is 6.56. The van der Waals surface area contributed by atoms with Gasteiger partial charge < -0.3 is 0 Å². The summed E-state index contributed by atoms with van der Waals surface area (Å²) in [5.74, 6) is 0.446. The summed E-state index contributed by atoms with van der Waals surface area (Å²) in [7, 11) is -3.32. The van der Waals surface area contributed by atoms with Gasteiger partial charge in [0.25, 0.3) is 0 Å². The van der Waals surface area contributed by atoms with E-state index in [9.17, 15) is 8.42 Å². The topological polar surface area (TPSA) is 37.4 Å². The molecule has 2 unspecified atom stereocenters. The quantitative estimate of drug-likeness (QED) is 0.830. The Morgan fingerprint density at radius 3 is 2.53 bits per heavy atom. The maximum atomic E-state index is 12.5. The molecule has 0 amide bonds. The third-order valence-corrected chi connectivity index (χ3v) is 6.94. The van der Waals surface area contributed by atoms with E-state index in [1.165, 1.54) is 11.3 Å². The number of thiophene rings is 1. The monoisotopic (exact) mass is 337 g/mol. The van der Waals surface area contributed by atoms with E-state index in [0.717, 1.165) is 15.1 Å². The first-order valence-corrected chi connectivity index (χ1v) is 8.65. The SMILES string of the molecule is Cc1sc(Br)cc1S(=O)(=O)N1CC(C)CC1C. The summed E-state index contributed by atoms with van der Waals surface area (Å²) in [6.45, 7) is 6.57. The predicted octanol–water partition coefficient (Wildman–Crippen LogP) is 3.24. The normalized spacial score (nSPS) is 26.6. The Morgan fingerprint density at radius 2 is 2.12 bits per heavy atom. The Labute approximate surface area is 115 Å². The molecule has 2 rings (SSSR count). The van der Waals surface area contributed by atoms with Crippen molar-refractivity contribution in [2.45, 2.75) is 38.1 Å². The van der Waals surface area contributed by atoms with E-state index in [4.69, 9.17) is 0 Å². The van der Waals surface area contributed by atoms with Crippen LogP contribution in [0.5, 0.6) is 0 Å². The number of aryl methyl sites for hydroxylation is 1. The summed E-state index contributed by atoms with van der Waals surface area (Å²) in [5.41, 5.74) is 0. The van der Waals surface area contributed by atoms with Gasteiger partial charge >= 0.3 is 0 Å². The van der Waals surface area contributed by atoms with Crippen LogP contribution in [0.2, 0.25) is 0 Å². The lowest BCUT2D eigenvalue weighted by Crippen LogP contribution is -2.34. The van der Waals surface area contributed by atoms with E-state index in [1.807, 2.05) is 13.8 Å². The minimum Gasteiger partial charge on any atom is -0.207 e. The molecule has 0 radical (unpaired) electrons. The van der Waals surface area contributed by atoms with Crippen molar-refractivity contribution < 1.29 is 8.42 Å². The van der Waals surface area contributed by atoms with Crippen molar-refractivity contribution in [2.75, 3.05) is 6.54 Å². The summed E-state index contributed by atoms with van der Waals surface area (Å²) in [4.78, 5) is 1.30. The molecule has 1 aromatic rings. The molecule has 1 aromatic heterocycles. The Morgan fingerprint density at radius 1 is 1.47 bits per heavy atom. The number of hydrogen-bond donors (Lipinski definition) is 0. The van der Waals surface area contributed by atoms with E-state index >= 15 is 0 Å². The number of nitrogens with zero attached hydrogens (tertiary/aromatic N) is 1. The van der Waals surface area contributed by atoms with Crippen LogP contribution in [0.15, 0.2) is 14.7 Å². The van der Waals surface area contributed by atoms with Gasteiger partial charge in [0, 0.05) is 17.5 Å². The zero-order valence-electron chi connectivity index (χ0n) is 10.1. The molecule has 6 heteroatoms. The molecule has 2 heterocycles. The summed E-state index contributed by atoms with van der Waals surface area (Å²) >= 11 is 4.81. The highest BCUT2D eigenvalue weighted by Crippen LogP contribution is 2.35. The van der Waals surface area contributed by atoms with Crippen molar-refractivity contribution in [3.05, 3.63) is 14.7 Å². The minimum atomic E-state index is -3.32. The third-order valence-electron chi connectivity index (χ3n) is 3.16. The van der Waals surface area contributed by atoms with Crippen molar-refractivity contribution in [1.82, 2.24) is 4.31 Å². The van der Waals surface area contributed by atoms with Gasteiger partial charge in [-0.2, -0.15) is 4.31 Å². The Balaban J connectivity index is 2.40. The molecule has 17 heavy (non-hydrogen) atoms. The van der Waals surface area contributed by atoms with Crippen molar-refractivity contribution in [3.63, 3.8) is 0 Å². The molecule has 0 N–H and O–H groups in total. The van der Waals surface area contributed by atoms with Crippen LogP contribution in [-0.4, -0.2) is 25.3 Å². The first-order valence-electron chi connectivity index (χ1n) is 5.60. The molecule has 2 atom stereocenters. The molecule has 1 aliphatic rings. The van der Waals surface area contributed by atoms with Gasteiger partial charge in [0.1, 0.15) is 0 Å². The molecule has 0 aliphatic carbocycles. The van der Waals surface area contributed by atoms with E-state index in [0.29, 0.717) is 17.4 Å². The molecule has 1 saturated heterocycles. The van der Waals surface area contributed by atoms with Crippen LogP contribution in [-0.2, 0) is 10.0 Å². The van der Waals surface area contributed by atoms with Crippen LogP contribution in [0.1, 0.15) is 25.1 Å². The summed E-state index contributed by atoms with van der Waals surface area (Å²) < 4.78 is 27.6. The van der Waals surface area contributed by atoms with E-state index in [2.05, 4.69) is 22.9 Å². The van der Waals surface area contributed by atoms with E-state index in [-0.39, 0.29) is 6.04 Å². The van der Waals surface area contributed by atoms with Gasteiger partial charge in [-0.15, -0.1) is 11.3 Å². The second-order valence-corrected chi connectivity index (χ2v) is 9.23. The molecule has 0 saturated carbocycles. The molecule has 0 aromatic carbocycles. The molecule has 96 valence electrons. The van der Waals surface area contributed by atoms with Crippen LogP contribution in [0.4, 0.5) is 0 Å². The second-order valence-electron chi connectivity index (χ2n) is 4.74. The van der Waals surface area contributed by atoms with Gasteiger partial charge in [-0.3, -0.25) is 0 Å². The van der Waals surface area contributed by atoms with Crippen molar-refractivity contribution in [1.29, 1.82) is 0 Å². The smallest absolute Gasteiger partial charge is 0.207 e. The highest BCUT2D eigenvalue weighted by Gasteiger charge is 2.37.